The summed E-state index contributed by atoms with van der Waals surface area (Å²) in [4.78, 5) is 0. The summed E-state index contributed by atoms with van der Waals surface area (Å²) in [6.45, 7) is 9.21. The predicted octanol–water partition coefficient (Wildman–Crippen LogP) is 7.13. The van der Waals surface area contributed by atoms with Gasteiger partial charge in [0.1, 0.15) is 0 Å². The molecule has 0 N–H and O–H groups in total. The van der Waals surface area contributed by atoms with E-state index in [-0.39, 0.29) is 0 Å². The van der Waals surface area contributed by atoms with E-state index in [0.29, 0.717) is 0 Å². The first-order valence-corrected chi connectivity index (χ1v) is 9.45. The van der Waals surface area contributed by atoms with Crippen LogP contribution in [0.1, 0.15) is 85.5 Å². The molecule has 0 aromatic rings. The molecule has 0 fully saturated rings. The highest BCUT2D eigenvalue weighted by Gasteiger charge is 2.06. The van der Waals surface area contributed by atoms with Crippen LogP contribution in [0, 0.1) is 21.7 Å². The monoisotopic (exact) mass is 388 g/mol. The van der Waals surface area contributed by atoms with Gasteiger partial charge in [0, 0.05) is 29.0 Å². The molecule has 1 unspecified atom stereocenters. The molecule has 0 saturated carbocycles. The highest BCUT2D eigenvalue weighted by atomic mass is 127. The summed E-state index contributed by atoms with van der Waals surface area (Å²) in [5, 5.41) is 0. The molecule has 0 rings (SSSR count). The first kappa shape index (κ1) is 20.0. The minimum Gasteiger partial charge on any atom is -0.0919 e. The molecule has 0 radical (unpaired) electrons. The zero-order chi connectivity index (χ0) is 15.2. The molecule has 0 nitrogen and oxygen atoms in total. The number of hydrogen-bond donors (Lipinski definition) is 0. The molecule has 0 heterocycles. The van der Waals surface area contributed by atoms with Gasteiger partial charge in [0.15, 0.2) is 0 Å². The van der Waals surface area contributed by atoms with Crippen LogP contribution in [0.3, 0.4) is 0 Å². The van der Waals surface area contributed by atoms with Gasteiger partial charge in [-0.25, -0.2) is 0 Å². The normalized spacial score (nSPS) is 14.6. The van der Waals surface area contributed by atoms with E-state index in [1.165, 1.54) is 51.4 Å². The molecule has 0 aliphatic heterocycles. The molecule has 20 heavy (non-hydrogen) atoms. The SMILES string of the molecule is CC/C(C)=C\C[C@@H](C)CCCCC(CC)CCC#CI. The molecule has 0 aromatic heterocycles. The van der Waals surface area contributed by atoms with Crippen LogP contribution in [0.25, 0.3) is 0 Å². The summed E-state index contributed by atoms with van der Waals surface area (Å²) in [6, 6.07) is 0. The van der Waals surface area contributed by atoms with Crippen molar-refractivity contribution in [1.29, 1.82) is 0 Å². The third kappa shape index (κ3) is 11.8. The zero-order valence-electron chi connectivity index (χ0n) is 14.0. The smallest absolute Gasteiger partial charge is 0.0181 e. The van der Waals surface area contributed by atoms with Crippen molar-refractivity contribution < 1.29 is 0 Å². The Bertz CT molecular complexity index is 305. The molecule has 0 aliphatic rings. The fourth-order valence-corrected chi connectivity index (χ4v) is 2.74. The lowest BCUT2D eigenvalue weighted by Gasteiger charge is -2.14. The summed E-state index contributed by atoms with van der Waals surface area (Å²) in [7, 11) is 0. The van der Waals surface area contributed by atoms with Crippen LogP contribution in [-0.2, 0) is 0 Å². The Kier molecular flexibility index (Phi) is 14.0. The zero-order valence-corrected chi connectivity index (χ0v) is 16.1. The maximum absolute atomic E-state index is 3.18. The second-order valence-corrected chi connectivity index (χ2v) is 6.65. The third-order valence-corrected chi connectivity index (χ3v) is 4.69. The van der Waals surface area contributed by atoms with Crippen molar-refractivity contribution in [2.24, 2.45) is 11.8 Å². The number of unbranched alkanes of at least 4 members (excludes halogenated alkanes) is 1. The minimum atomic E-state index is 0.849. The molecular formula is C19H33I. The maximum atomic E-state index is 3.18. The number of hydrogen-bond acceptors (Lipinski definition) is 0. The Morgan fingerprint density at radius 2 is 1.85 bits per heavy atom. The second kappa shape index (κ2) is 14.0. The van der Waals surface area contributed by atoms with Crippen LogP contribution in [0.5, 0.6) is 0 Å². The number of halogens is 1. The van der Waals surface area contributed by atoms with Gasteiger partial charge in [-0.05, 0) is 41.9 Å². The first-order chi connectivity index (χ1) is 9.63. The molecule has 0 aromatic carbocycles. The Morgan fingerprint density at radius 3 is 2.45 bits per heavy atom. The van der Waals surface area contributed by atoms with Crippen molar-refractivity contribution in [3.63, 3.8) is 0 Å². The van der Waals surface area contributed by atoms with E-state index in [1.807, 2.05) is 0 Å². The summed E-state index contributed by atoms with van der Waals surface area (Å²) < 4.78 is 2.97. The van der Waals surface area contributed by atoms with Crippen molar-refractivity contribution in [2.75, 3.05) is 0 Å². The lowest BCUT2D eigenvalue weighted by atomic mass is 9.92. The van der Waals surface area contributed by atoms with Crippen molar-refractivity contribution in [3.05, 3.63) is 11.6 Å². The summed E-state index contributed by atoms with van der Waals surface area (Å²) in [5.41, 5.74) is 1.54. The van der Waals surface area contributed by atoms with E-state index >= 15 is 0 Å². The fraction of sp³-hybridized carbons (Fsp3) is 0.789. The predicted molar refractivity (Wildman–Crippen MR) is 101 cm³/mol. The quantitative estimate of drug-likeness (QED) is 0.153. The second-order valence-electron chi connectivity index (χ2n) is 6.11. The standard InChI is InChI=1S/C19H33I/c1-5-17(3)14-15-18(4)11-7-8-12-19(6-2)13-9-10-16-20/h14,18-19H,5-9,11-13,15H2,1-4H3/b17-14-/t18-,19?/m0/s1. The summed E-state index contributed by atoms with van der Waals surface area (Å²) in [6.07, 6.45) is 14.2. The van der Waals surface area contributed by atoms with E-state index in [0.717, 1.165) is 18.3 Å². The van der Waals surface area contributed by atoms with Gasteiger partial charge in [-0.3, -0.25) is 0 Å². The van der Waals surface area contributed by atoms with Crippen LogP contribution >= 0.6 is 22.6 Å². The fourth-order valence-electron chi connectivity index (χ4n) is 2.47. The topological polar surface area (TPSA) is 0 Å². The Labute approximate surface area is 141 Å². The van der Waals surface area contributed by atoms with Gasteiger partial charge in [-0.2, -0.15) is 0 Å². The molecule has 0 spiro atoms. The van der Waals surface area contributed by atoms with Crippen LogP contribution in [0.15, 0.2) is 11.6 Å². The average Bonchev–Trinajstić information content (AvgIpc) is 2.47. The molecule has 0 aliphatic carbocycles. The van der Waals surface area contributed by atoms with Crippen molar-refractivity contribution >= 4 is 22.6 Å². The Hall–Kier alpha value is 0.0300. The van der Waals surface area contributed by atoms with Gasteiger partial charge in [0.05, 0.1) is 0 Å². The Balaban J connectivity index is 3.68. The van der Waals surface area contributed by atoms with Gasteiger partial charge in [-0.1, -0.05) is 70.4 Å². The van der Waals surface area contributed by atoms with Crippen LogP contribution in [0.2, 0.25) is 0 Å². The molecule has 1 heteroatoms. The van der Waals surface area contributed by atoms with E-state index in [1.54, 1.807) is 5.57 Å². The Morgan fingerprint density at radius 1 is 1.15 bits per heavy atom. The summed E-state index contributed by atoms with van der Waals surface area (Å²) in [5.74, 6) is 4.93. The summed E-state index contributed by atoms with van der Waals surface area (Å²) >= 11 is 2.14. The van der Waals surface area contributed by atoms with Gasteiger partial charge < -0.3 is 0 Å². The molecular weight excluding hydrogens is 355 g/mol. The van der Waals surface area contributed by atoms with E-state index in [2.05, 4.69) is 66.2 Å². The molecule has 116 valence electrons. The number of rotatable bonds is 11. The largest absolute Gasteiger partial charge is 0.0919 e. The minimum absolute atomic E-state index is 0.849. The molecule has 0 saturated heterocycles. The van der Waals surface area contributed by atoms with Gasteiger partial charge >= 0.3 is 0 Å². The van der Waals surface area contributed by atoms with Crippen molar-refractivity contribution in [2.45, 2.75) is 85.5 Å². The van der Waals surface area contributed by atoms with E-state index in [4.69, 9.17) is 0 Å². The van der Waals surface area contributed by atoms with Crippen LogP contribution in [0.4, 0.5) is 0 Å². The number of allylic oxidation sites excluding steroid dienone is 2. The highest BCUT2D eigenvalue weighted by molar-refractivity contribution is 14.1. The van der Waals surface area contributed by atoms with Crippen LogP contribution < -0.4 is 0 Å². The van der Waals surface area contributed by atoms with Gasteiger partial charge in [0.2, 0.25) is 0 Å². The van der Waals surface area contributed by atoms with Crippen LogP contribution in [-0.4, -0.2) is 0 Å². The van der Waals surface area contributed by atoms with Gasteiger partial charge in [0.25, 0.3) is 0 Å². The maximum Gasteiger partial charge on any atom is 0.0181 e. The van der Waals surface area contributed by atoms with E-state index < -0.39 is 0 Å². The van der Waals surface area contributed by atoms with Crippen molar-refractivity contribution in [1.82, 2.24) is 0 Å². The van der Waals surface area contributed by atoms with Crippen molar-refractivity contribution in [3.8, 4) is 9.85 Å². The average molecular weight is 388 g/mol. The van der Waals surface area contributed by atoms with E-state index in [9.17, 15) is 0 Å². The lowest BCUT2D eigenvalue weighted by Crippen LogP contribution is -2.00. The molecule has 0 amide bonds. The highest BCUT2D eigenvalue weighted by Crippen LogP contribution is 2.21. The first-order valence-electron chi connectivity index (χ1n) is 8.38. The molecule has 0 bridgehead atoms. The lowest BCUT2D eigenvalue weighted by molar-refractivity contribution is 0.404. The third-order valence-electron chi connectivity index (χ3n) is 4.31. The van der Waals surface area contributed by atoms with Gasteiger partial charge in [-0.15, -0.1) is 0 Å². The molecule has 2 atom stereocenters.